The molecule has 2 atom stereocenters. The Balaban J connectivity index is 1.82. The summed E-state index contributed by atoms with van der Waals surface area (Å²) in [5.41, 5.74) is 2.56. The third-order valence-electron chi connectivity index (χ3n) is 3.72. The van der Waals surface area contributed by atoms with Crippen LogP contribution in [0.4, 0.5) is 0 Å². The van der Waals surface area contributed by atoms with Gasteiger partial charge in [-0.1, -0.05) is 31.2 Å². The highest BCUT2D eigenvalue weighted by molar-refractivity contribution is 5.22. The van der Waals surface area contributed by atoms with E-state index in [4.69, 9.17) is 9.47 Å². The van der Waals surface area contributed by atoms with Gasteiger partial charge in [0.1, 0.15) is 0 Å². The molecular weight excluding hydrogens is 238 g/mol. The number of nitrogens with one attached hydrogen (secondary N) is 1. The first-order chi connectivity index (χ1) is 9.31. The van der Waals surface area contributed by atoms with Gasteiger partial charge >= 0.3 is 0 Å². The molecule has 1 aliphatic rings. The van der Waals surface area contributed by atoms with Gasteiger partial charge in [-0.05, 0) is 30.4 Å². The molecule has 0 spiro atoms. The minimum atomic E-state index is 0.436. The Morgan fingerprint density at radius 2 is 2.21 bits per heavy atom. The number of ether oxygens (including phenoxy) is 2. The smallest absolute Gasteiger partial charge is 0.0713 e. The Kier molecular flexibility index (Phi) is 5.83. The summed E-state index contributed by atoms with van der Waals surface area (Å²) < 4.78 is 10.9. The molecule has 1 fully saturated rings. The molecule has 0 aliphatic carbocycles. The Hall–Kier alpha value is -0.900. The van der Waals surface area contributed by atoms with E-state index in [2.05, 4.69) is 36.5 Å². The lowest BCUT2D eigenvalue weighted by atomic mass is 10.0. The van der Waals surface area contributed by atoms with Gasteiger partial charge in [-0.15, -0.1) is 0 Å². The van der Waals surface area contributed by atoms with Crippen molar-refractivity contribution >= 4 is 0 Å². The highest BCUT2D eigenvalue weighted by atomic mass is 16.5. The van der Waals surface area contributed by atoms with Gasteiger partial charge in [0.15, 0.2) is 0 Å². The van der Waals surface area contributed by atoms with E-state index in [1.54, 1.807) is 7.11 Å². The van der Waals surface area contributed by atoms with Crippen LogP contribution in [0.3, 0.4) is 0 Å². The molecular formula is C16H25NO2. The number of hydrogen-bond acceptors (Lipinski definition) is 3. The molecule has 0 saturated carbocycles. The van der Waals surface area contributed by atoms with Gasteiger partial charge in [-0.25, -0.2) is 0 Å². The van der Waals surface area contributed by atoms with Crippen molar-refractivity contribution in [3.8, 4) is 0 Å². The number of benzene rings is 1. The minimum Gasteiger partial charge on any atom is -0.380 e. The van der Waals surface area contributed by atoms with Crippen molar-refractivity contribution in [3.05, 3.63) is 35.4 Å². The number of hydrogen-bond donors (Lipinski definition) is 1. The summed E-state index contributed by atoms with van der Waals surface area (Å²) in [5.74, 6) is 0. The van der Waals surface area contributed by atoms with Crippen LogP contribution < -0.4 is 5.32 Å². The van der Waals surface area contributed by atoms with Crippen molar-refractivity contribution in [1.82, 2.24) is 5.32 Å². The molecule has 1 aromatic carbocycles. The van der Waals surface area contributed by atoms with E-state index in [0.29, 0.717) is 18.8 Å². The first kappa shape index (κ1) is 14.5. The first-order valence-electron chi connectivity index (χ1n) is 7.23. The van der Waals surface area contributed by atoms with Crippen LogP contribution in [-0.4, -0.2) is 25.9 Å². The fourth-order valence-corrected chi connectivity index (χ4v) is 2.61. The van der Waals surface area contributed by atoms with Gasteiger partial charge in [0.05, 0.1) is 12.7 Å². The lowest BCUT2D eigenvalue weighted by molar-refractivity contribution is -0.000320. The van der Waals surface area contributed by atoms with E-state index in [9.17, 15) is 0 Å². The topological polar surface area (TPSA) is 30.5 Å². The largest absolute Gasteiger partial charge is 0.380 e. The Bertz CT molecular complexity index is 381. The predicted molar refractivity (Wildman–Crippen MR) is 77.0 cm³/mol. The monoisotopic (exact) mass is 263 g/mol. The van der Waals surface area contributed by atoms with E-state index in [1.807, 2.05) is 0 Å². The fourth-order valence-electron chi connectivity index (χ4n) is 2.61. The van der Waals surface area contributed by atoms with Crippen LogP contribution >= 0.6 is 0 Å². The molecule has 2 unspecified atom stereocenters. The van der Waals surface area contributed by atoms with Crippen LogP contribution in [-0.2, 0) is 22.6 Å². The van der Waals surface area contributed by atoms with Crippen LogP contribution in [0.5, 0.6) is 0 Å². The van der Waals surface area contributed by atoms with E-state index in [-0.39, 0.29) is 0 Å². The van der Waals surface area contributed by atoms with Crippen LogP contribution in [0.15, 0.2) is 24.3 Å². The second kappa shape index (κ2) is 7.63. The maximum Gasteiger partial charge on any atom is 0.0713 e. The average molecular weight is 263 g/mol. The maximum absolute atomic E-state index is 5.70. The first-order valence-corrected chi connectivity index (χ1v) is 7.23. The Labute approximate surface area is 116 Å². The average Bonchev–Trinajstić information content (AvgIpc) is 2.46. The number of rotatable bonds is 6. The van der Waals surface area contributed by atoms with Gasteiger partial charge in [-0.3, -0.25) is 0 Å². The van der Waals surface area contributed by atoms with E-state index < -0.39 is 0 Å². The van der Waals surface area contributed by atoms with Gasteiger partial charge in [0.2, 0.25) is 0 Å². The highest BCUT2D eigenvalue weighted by Crippen LogP contribution is 2.17. The van der Waals surface area contributed by atoms with Crippen molar-refractivity contribution < 1.29 is 9.47 Å². The molecule has 1 aliphatic heterocycles. The quantitative estimate of drug-likeness (QED) is 0.856. The molecule has 0 amide bonds. The summed E-state index contributed by atoms with van der Waals surface area (Å²) in [6.45, 7) is 4.70. The van der Waals surface area contributed by atoms with Gasteiger partial charge in [0.25, 0.3) is 0 Å². The summed E-state index contributed by atoms with van der Waals surface area (Å²) in [6, 6.07) is 9.18. The van der Waals surface area contributed by atoms with Crippen molar-refractivity contribution in [2.45, 2.75) is 51.5 Å². The molecule has 1 heterocycles. The summed E-state index contributed by atoms with van der Waals surface area (Å²) in [5, 5.41) is 3.65. The second-order valence-electron chi connectivity index (χ2n) is 5.26. The van der Waals surface area contributed by atoms with Crippen molar-refractivity contribution in [2.75, 3.05) is 13.7 Å². The van der Waals surface area contributed by atoms with Crippen molar-refractivity contribution in [3.63, 3.8) is 0 Å². The van der Waals surface area contributed by atoms with E-state index >= 15 is 0 Å². The predicted octanol–water partition coefficient (Wildman–Crippen LogP) is 2.88. The number of methoxy groups -OCH3 is 1. The normalized spacial score (nSPS) is 23.5. The molecule has 0 aromatic heterocycles. The van der Waals surface area contributed by atoms with Gasteiger partial charge in [-0.2, -0.15) is 0 Å². The summed E-state index contributed by atoms with van der Waals surface area (Å²) in [6.07, 6.45) is 3.80. The molecule has 0 radical (unpaired) electrons. The third-order valence-corrected chi connectivity index (χ3v) is 3.72. The fraction of sp³-hybridized carbons (Fsp3) is 0.625. The Morgan fingerprint density at radius 3 is 3.00 bits per heavy atom. The minimum absolute atomic E-state index is 0.436. The summed E-state index contributed by atoms with van der Waals surface area (Å²) in [7, 11) is 1.73. The van der Waals surface area contributed by atoms with Gasteiger partial charge in [0, 0.05) is 26.3 Å². The van der Waals surface area contributed by atoms with Crippen LogP contribution in [0.1, 0.15) is 37.3 Å². The molecule has 106 valence electrons. The van der Waals surface area contributed by atoms with Crippen molar-refractivity contribution in [2.24, 2.45) is 0 Å². The molecule has 1 saturated heterocycles. The second-order valence-corrected chi connectivity index (χ2v) is 5.26. The summed E-state index contributed by atoms with van der Waals surface area (Å²) in [4.78, 5) is 0. The molecule has 1 aromatic rings. The van der Waals surface area contributed by atoms with Crippen LogP contribution in [0, 0.1) is 0 Å². The lowest BCUT2D eigenvalue weighted by Gasteiger charge is -2.29. The SMILES string of the molecule is CCC1CC(NCc2cccc(COC)c2)CCO1. The zero-order valence-corrected chi connectivity index (χ0v) is 12.0. The molecule has 3 nitrogen and oxygen atoms in total. The molecule has 3 heteroatoms. The molecule has 1 N–H and O–H groups in total. The molecule has 19 heavy (non-hydrogen) atoms. The lowest BCUT2D eigenvalue weighted by Crippen LogP contribution is -2.38. The summed E-state index contributed by atoms with van der Waals surface area (Å²) >= 11 is 0. The van der Waals surface area contributed by atoms with E-state index in [0.717, 1.165) is 32.4 Å². The zero-order valence-electron chi connectivity index (χ0n) is 12.0. The van der Waals surface area contributed by atoms with Crippen molar-refractivity contribution in [1.29, 1.82) is 0 Å². The van der Waals surface area contributed by atoms with Gasteiger partial charge < -0.3 is 14.8 Å². The van der Waals surface area contributed by atoms with Crippen LogP contribution in [0.2, 0.25) is 0 Å². The standard InChI is InChI=1S/C16H25NO2/c1-3-16-10-15(7-8-19-16)17-11-13-5-4-6-14(9-13)12-18-2/h4-6,9,15-17H,3,7-8,10-12H2,1-2H3. The highest BCUT2D eigenvalue weighted by Gasteiger charge is 2.20. The molecule has 0 bridgehead atoms. The molecule has 2 rings (SSSR count). The van der Waals surface area contributed by atoms with E-state index in [1.165, 1.54) is 11.1 Å². The third kappa shape index (κ3) is 4.60. The van der Waals surface area contributed by atoms with Crippen LogP contribution in [0.25, 0.3) is 0 Å². The maximum atomic E-state index is 5.70. The zero-order chi connectivity index (χ0) is 13.5. The Morgan fingerprint density at radius 1 is 1.37 bits per heavy atom.